The molecule has 1 aromatic heterocycles. The van der Waals surface area contributed by atoms with E-state index in [2.05, 4.69) is 21.7 Å². The van der Waals surface area contributed by atoms with Crippen molar-refractivity contribution in [2.24, 2.45) is 5.92 Å². The highest BCUT2D eigenvalue weighted by Gasteiger charge is 2.33. The molecule has 1 aromatic rings. The van der Waals surface area contributed by atoms with Gasteiger partial charge in [0.2, 0.25) is 5.91 Å². The number of carbonyl (C=O) groups is 1. The number of hydrogen-bond donors (Lipinski definition) is 0. The van der Waals surface area contributed by atoms with Crippen LogP contribution in [0.5, 0.6) is 0 Å². The molecule has 2 fully saturated rings. The highest BCUT2D eigenvalue weighted by atomic mass is 16.5. The standard InChI is InChI=1S/C21H35N3O3/c1-22-12-8-19(9-13-22)24(11-5-14-26-2)21(25)18-6-3-10-23(16-18)17-20-7-4-15-27-20/h4,7,15,18-19H,3,5-6,8-14,16-17H2,1-2H3. The minimum absolute atomic E-state index is 0.107. The van der Waals surface area contributed by atoms with E-state index in [1.165, 1.54) is 0 Å². The lowest BCUT2D eigenvalue weighted by molar-refractivity contribution is -0.141. The van der Waals surface area contributed by atoms with Gasteiger partial charge >= 0.3 is 0 Å². The van der Waals surface area contributed by atoms with Gasteiger partial charge in [-0.2, -0.15) is 0 Å². The molecule has 6 heteroatoms. The molecule has 1 amide bonds. The van der Waals surface area contributed by atoms with Crippen molar-refractivity contribution in [3.8, 4) is 0 Å². The van der Waals surface area contributed by atoms with Gasteiger partial charge in [-0.25, -0.2) is 0 Å². The van der Waals surface area contributed by atoms with Gasteiger partial charge in [-0.3, -0.25) is 9.69 Å². The van der Waals surface area contributed by atoms with E-state index in [-0.39, 0.29) is 5.92 Å². The monoisotopic (exact) mass is 377 g/mol. The fraction of sp³-hybridized carbons (Fsp3) is 0.762. The molecule has 0 aliphatic carbocycles. The number of piperidine rings is 2. The van der Waals surface area contributed by atoms with Gasteiger partial charge in [-0.05, 0) is 70.9 Å². The van der Waals surface area contributed by atoms with Crippen LogP contribution in [-0.2, 0) is 16.1 Å². The SMILES string of the molecule is COCCCN(C(=O)C1CCCN(Cc2ccco2)C1)C1CCN(C)CC1. The summed E-state index contributed by atoms with van der Waals surface area (Å²) < 4.78 is 10.7. The summed E-state index contributed by atoms with van der Waals surface area (Å²) in [6.07, 6.45) is 6.88. The van der Waals surface area contributed by atoms with Gasteiger partial charge in [-0.1, -0.05) is 0 Å². The second-order valence-electron chi connectivity index (χ2n) is 8.07. The van der Waals surface area contributed by atoms with E-state index >= 15 is 0 Å². The molecule has 0 spiro atoms. The maximum atomic E-state index is 13.4. The zero-order valence-corrected chi connectivity index (χ0v) is 16.9. The minimum atomic E-state index is 0.107. The molecule has 0 saturated carbocycles. The van der Waals surface area contributed by atoms with E-state index in [4.69, 9.17) is 9.15 Å². The normalized spacial score (nSPS) is 22.8. The Morgan fingerprint density at radius 3 is 2.81 bits per heavy atom. The average molecular weight is 378 g/mol. The van der Waals surface area contributed by atoms with Gasteiger partial charge in [0.05, 0.1) is 18.7 Å². The van der Waals surface area contributed by atoms with Crippen molar-refractivity contribution in [2.45, 2.75) is 44.7 Å². The molecule has 3 heterocycles. The molecular formula is C21H35N3O3. The van der Waals surface area contributed by atoms with Crippen LogP contribution in [0.15, 0.2) is 22.8 Å². The molecular weight excluding hydrogens is 342 g/mol. The molecule has 2 saturated heterocycles. The zero-order valence-electron chi connectivity index (χ0n) is 16.9. The topological polar surface area (TPSA) is 49.2 Å². The van der Waals surface area contributed by atoms with Crippen LogP contribution in [0.2, 0.25) is 0 Å². The lowest BCUT2D eigenvalue weighted by atomic mass is 9.94. The third kappa shape index (κ3) is 5.80. The van der Waals surface area contributed by atoms with E-state index in [0.717, 1.165) is 77.1 Å². The summed E-state index contributed by atoms with van der Waals surface area (Å²) in [6, 6.07) is 4.33. The Labute approximate surface area is 163 Å². The van der Waals surface area contributed by atoms with Gasteiger partial charge < -0.3 is 19.0 Å². The molecule has 0 radical (unpaired) electrons. The summed E-state index contributed by atoms with van der Waals surface area (Å²) in [5.74, 6) is 1.44. The van der Waals surface area contributed by atoms with Crippen molar-refractivity contribution in [3.63, 3.8) is 0 Å². The Morgan fingerprint density at radius 1 is 1.30 bits per heavy atom. The number of furan rings is 1. The molecule has 3 rings (SSSR count). The molecule has 152 valence electrons. The number of hydrogen-bond acceptors (Lipinski definition) is 5. The van der Waals surface area contributed by atoms with Gasteiger partial charge in [0.25, 0.3) is 0 Å². The molecule has 0 N–H and O–H groups in total. The van der Waals surface area contributed by atoms with E-state index in [1.54, 1.807) is 13.4 Å². The number of amides is 1. The molecule has 1 unspecified atom stereocenters. The van der Waals surface area contributed by atoms with Gasteiger partial charge in [0.15, 0.2) is 0 Å². The summed E-state index contributed by atoms with van der Waals surface area (Å²) >= 11 is 0. The summed E-state index contributed by atoms with van der Waals surface area (Å²) in [6.45, 7) is 6.37. The van der Waals surface area contributed by atoms with Crippen molar-refractivity contribution >= 4 is 5.91 Å². The van der Waals surface area contributed by atoms with E-state index in [9.17, 15) is 4.79 Å². The number of ether oxygens (including phenoxy) is 1. The van der Waals surface area contributed by atoms with Crippen LogP contribution in [-0.4, -0.2) is 80.1 Å². The number of carbonyl (C=O) groups excluding carboxylic acids is 1. The molecule has 2 aliphatic rings. The molecule has 2 aliphatic heterocycles. The maximum absolute atomic E-state index is 13.4. The average Bonchev–Trinajstić information content (AvgIpc) is 3.19. The first-order chi connectivity index (χ1) is 13.2. The fourth-order valence-corrected chi connectivity index (χ4v) is 4.42. The third-order valence-corrected chi connectivity index (χ3v) is 5.97. The largest absolute Gasteiger partial charge is 0.468 e. The number of rotatable bonds is 8. The van der Waals surface area contributed by atoms with E-state index in [0.29, 0.717) is 18.6 Å². The number of nitrogens with zero attached hydrogens (tertiary/aromatic N) is 3. The lowest BCUT2D eigenvalue weighted by Gasteiger charge is -2.41. The Bertz CT molecular complexity index is 555. The third-order valence-electron chi connectivity index (χ3n) is 5.97. The van der Waals surface area contributed by atoms with Crippen molar-refractivity contribution < 1.29 is 13.9 Å². The van der Waals surface area contributed by atoms with Crippen molar-refractivity contribution in [2.75, 3.05) is 53.5 Å². The van der Waals surface area contributed by atoms with Gasteiger partial charge in [0, 0.05) is 32.8 Å². The van der Waals surface area contributed by atoms with Crippen LogP contribution in [0.25, 0.3) is 0 Å². The first-order valence-electron chi connectivity index (χ1n) is 10.4. The Kier molecular flexibility index (Phi) is 7.73. The maximum Gasteiger partial charge on any atom is 0.227 e. The second kappa shape index (κ2) is 10.2. The quantitative estimate of drug-likeness (QED) is 0.652. The van der Waals surface area contributed by atoms with Gasteiger partial charge in [-0.15, -0.1) is 0 Å². The first kappa shape index (κ1) is 20.4. The van der Waals surface area contributed by atoms with Crippen LogP contribution in [0.1, 0.15) is 37.9 Å². The predicted octanol–water partition coefficient (Wildman–Crippen LogP) is 2.45. The Balaban J connectivity index is 1.60. The van der Waals surface area contributed by atoms with E-state index < -0.39 is 0 Å². The fourth-order valence-electron chi connectivity index (χ4n) is 4.42. The predicted molar refractivity (Wildman–Crippen MR) is 105 cm³/mol. The second-order valence-corrected chi connectivity index (χ2v) is 8.07. The van der Waals surface area contributed by atoms with Crippen LogP contribution in [0.4, 0.5) is 0 Å². The number of likely N-dealkylation sites (tertiary alicyclic amines) is 2. The van der Waals surface area contributed by atoms with Crippen LogP contribution >= 0.6 is 0 Å². The molecule has 27 heavy (non-hydrogen) atoms. The molecule has 0 aromatic carbocycles. The Morgan fingerprint density at radius 2 is 2.11 bits per heavy atom. The number of methoxy groups -OCH3 is 1. The summed E-state index contributed by atoms with van der Waals surface area (Å²) in [7, 11) is 3.90. The van der Waals surface area contributed by atoms with Crippen LogP contribution in [0, 0.1) is 5.92 Å². The van der Waals surface area contributed by atoms with Crippen molar-refractivity contribution in [1.29, 1.82) is 0 Å². The zero-order chi connectivity index (χ0) is 19.1. The Hall–Kier alpha value is -1.37. The highest BCUT2D eigenvalue weighted by Crippen LogP contribution is 2.24. The van der Waals surface area contributed by atoms with Gasteiger partial charge in [0.1, 0.15) is 5.76 Å². The summed E-state index contributed by atoms with van der Waals surface area (Å²) in [4.78, 5) is 20.4. The molecule has 0 bridgehead atoms. The molecule has 6 nitrogen and oxygen atoms in total. The van der Waals surface area contributed by atoms with Crippen LogP contribution in [0.3, 0.4) is 0 Å². The minimum Gasteiger partial charge on any atom is -0.468 e. The van der Waals surface area contributed by atoms with E-state index in [1.807, 2.05) is 12.1 Å². The highest BCUT2D eigenvalue weighted by molar-refractivity contribution is 5.79. The van der Waals surface area contributed by atoms with Crippen LogP contribution < -0.4 is 0 Å². The summed E-state index contributed by atoms with van der Waals surface area (Å²) in [5.41, 5.74) is 0. The molecule has 1 atom stereocenters. The lowest BCUT2D eigenvalue weighted by Crippen LogP contribution is -2.51. The first-order valence-corrected chi connectivity index (χ1v) is 10.4. The summed E-state index contributed by atoms with van der Waals surface area (Å²) in [5, 5.41) is 0. The van der Waals surface area contributed by atoms with Crippen molar-refractivity contribution in [3.05, 3.63) is 24.2 Å². The van der Waals surface area contributed by atoms with Crippen molar-refractivity contribution in [1.82, 2.24) is 14.7 Å². The smallest absolute Gasteiger partial charge is 0.227 e.